The first-order valence-electron chi connectivity index (χ1n) is 7.09. The Labute approximate surface area is 152 Å². The lowest BCUT2D eigenvalue weighted by molar-refractivity contribution is 0.0587. The lowest BCUT2D eigenvalue weighted by Crippen LogP contribution is -2.21. The van der Waals surface area contributed by atoms with Crippen molar-refractivity contribution in [2.24, 2.45) is 0 Å². The molecule has 2 aromatic rings. The zero-order chi connectivity index (χ0) is 18.4. The Morgan fingerprint density at radius 2 is 1.64 bits per heavy atom. The number of hydrogen-bond donors (Lipinski definition) is 2. The number of halogens is 1. The molecule has 0 aliphatic heterocycles. The molecule has 2 aromatic carbocycles. The molecular formula is C17H15BrN2O5. The van der Waals surface area contributed by atoms with E-state index in [1.807, 2.05) is 6.07 Å². The second-order valence-corrected chi connectivity index (χ2v) is 5.75. The molecule has 25 heavy (non-hydrogen) atoms. The molecule has 2 amide bonds. The van der Waals surface area contributed by atoms with E-state index in [0.717, 1.165) is 4.47 Å². The second-order valence-electron chi connectivity index (χ2n) is 4.83. The van der Waals surface area contributed by atoms with Crippen LogP contribution in [0, 0.1) is 0 Å². The van der Waals surface area contributed by atoms with Crippen LogP contribution in [0.5, 0.6) is 0 Å². The van der Waals surface area contributed by atoms with Crippen LogP contribution in [0.2, 0.25) is 0 Å². The van der Waals surface area contributed by atoms with Crippen molar-refractivity contribution < 1.29 is 23.9 Å². The summed E-state index contributed by atoms with van der Waals surface area (Å²) in [6.07, 6.45) is 0. The van der Waals surface area contributed by atoms with E-state index in [4.69, 9.17) is 0 Å². The first-order chi connectivity index (χ1) is 11.9. The van der Waals surface area contributed by atoms with E-state index in [1.54, 1.807) is 18.2 Å². The SMILES string of the molecule is COC(=O)c1ccc(C(=O)OC)c(NC(=O)Nc2cccc(Br)c2)c1. The summed E-state index contributed by atoms with van der Waals surface area (Å²) < 4.78 is 10.1. The van der Waals surface area contributed by atoms with Gasteiger partial charge >= 0.3 is 18.0 Å². The van der Waals surface area contributed by atoms with E-state index in [2.05, 4.69) is 36.0 Å². The number of anilines is 2. The number of rotatable bonds is 4. The van der Waals surface area contributed by atoms with Crippen molar-refractivity contribution in [1.82, 2.24) is 0 Å². The summed E-state index contributed by atoms with van der Waals surface area (Å²) in [5, 5.41) is 5.17. The third-order valence-corrected chi connectivity index (χ3v) is 3.67. The third kappa shape index (κ3) is 4.80. The number of benzene rings is 2. The summed E-state index contributed by atoms with van der Waals surface area (Å²) in [5.41, 5.74) is 0.977. The first kappa shape index (κ1) is 18.5. The highest BCUT2D eigenvalue weighted by Crippen LogP contribution is 2.21. The Balaban J connectivity index is 2.27. The number of amides is 2. The molecule has 2 N–H and O–H groups in total. The van der Waals surface area contributed by atoms with Gasteiger partial charge in [0.15, 0.2) is 0 Å². The Morgan fingerprint density at radius 1 is 0.920 bits per heavy atom. The van der Waals surface area contributed by atoms with E-state index in [-0.39, 0.29) is 16.8 Å². The number of carbonyl (C=O) groups excluding carboxylic acids is 3. The average Bonchev–Trinajstić information content (AvgIpc) is 2.60. The fourth-order valence-electron chi connectivity index (χ4n) is 2.03. The molecule has 7 nitrogen and oxygen atoms in total. The Morgan fingerprint density at radius 3 is 2.28 bits per heavy atom. The predicted molar refractivity (Wildman–Crippen MR) is 95.9 cm³/mol. The van der Waals surface area contributed by atoms with Crippen molar-refractivity contribution in [3.63, 3.8) is 0 Å². The zero-order valence-electron chi connectivity index (χ0n) is 13.5. The van der Waals surface area contributed by atoms with Gasteiger partial charge in [0.05, 0.1) is 31.0 Å². The molecule has 0 heterocycles. The van der Waals surface area contributed by atoms with Gasteiger partial charge in [-0.25, -0.2) is 14.4 Å². The number of methoxy groups -OCH3 is 2. The predicted octanol–water partition coefficient (Wildman–Crippen LogP) is 3.67. The normalized spacial score (nSPS) is 9.88. The molecule has 8 heteroatoms. The number of hydrogen-bond acceptors (Lipinski definition) is 5. The maximum Gasteiger partial charge on any atom is 0.339 e. The van der Waals surface area contributed by atoms with Gasteiger partial charge in [-0.1, -0.05) is 22.0 Å². The number of carbonyl (C=O) groups is 3. The van der Waals surface area contributed by atoms with Crippen LogP contribution in [-0.4, -0.2) is 32.2 Å². The molecule has 0 bridgehead atoms. The van der Waals surface area contributed by atoms with E-state index in [9.17, 15) is 14.4 Å². The highest BCUT2D eigenvalue weighted by atomic mass is 79.9. The standard InChI is InChI=1S/C17H15BrN2O5/c1-24-15(21)10-6-7-13(16(22)25-2)14(8-10)20-17(23)19-12-5-3-4-11(18)9-12/h3-9H,1-2H3,(H2,19,20,23). The van der Waals surface area contributed by atoms with Crippen LogP contribution < -0.4 is 10.6 Å². The van der Waals surface area contributed by atoms with E-state index >= 15 is 0 Å². The minimum Gasteiger partial charge on any atom is -0.465 e. The first-order valence-corrected chi connectivity index (χ1v) is 7.88. The van der Waals surface area contributed by atoms with Gasteiger partial charge in [-0.3, -0.25) is 0 Å². The van der Waals surface area contributed by atoms with Gasteiger partial charge in [-0.15, -0.1) is 0 Å². The fraction of sp³-hybridized carbons (Fsp3) is 0.118. The Kier molecular flexibility index (Phi) is 6.13. The molecule has 2 rings (SSSR count). The monoisotopic (exact) mass is 406 g/mol. The van der Waals surface area contributed by atoms with Crippen molar-refractivity contribution in [2.75, 3.05) is 24.9 Å². The molecule has 0 spiro atoms. The molecule has 0 saturated carbocycles. The highest BCUT2D eigenvalue weighted by Gasteiger charge is 2.17. The Hall–Kier alpha value is -2.87. The van der Waals surface area contributed by atoms with Gasteiger partial charge in [0.1, 0.15) is 0 Å². The van der Waals surface area contributed by atoms with Crippen LogP contribution in [0.3, 0.4) is 0 Å². The number of nitrogens with one attached hydrogen (secondary N) is 2. The van der Waals surface area contributed by atoms with Crippen LogP contribution in [0.4, 0.5) is 16.2 Å². The van der Waals surface area contributed by atoms with E-state index in [1.165, 1.54) is 32.4 Å². The summed E-state index contributed by atoms with van der Waals surface area (Å²) >= 11 is 3.31. The largest absolute Gasteiger partial charge is 0.465 e. The van der Waals surface area contributed by atoms with Gasteiger partial charge in [0, 0.05) is 10.2 Å². The molecule has 0 saturated heterocycles. The Bertz CT molecular complexity index is 822. The van der Waals surface area contributed by atoms with Crippen LogP contribution in [0.1, 0.15) is 20.7 Å². The number of ether oxygens (including phenoxy) is 2. The minimum absolute atomic E-state index is 0.111. The van der Waals surface area contributed by atoms with E-state index in [0.29, 0.717) is 5.69 Å². The van der Waals surface area contributed by atoms with Crippen molar-refractivity contribution in [3.05, 3.63) is 58.1 Å². The molecule has 0 fully saturated rings. The molecule has 130 valence electrons. The quantitative estimate of drug-likeness (QED) is 0.755. The lowest BCUT2D eigenvalue weighted by atomic mass is 10.1. The maximum atomic E-state index is 12.2. The van der Waals surface area contributed by atoms with Crippen molar-refractivity contribution in [2.45, 2.75) is 0 Å². The molecule has 0 unspecified atom stereocenters. The van der Waals surface area contributed by atoms with Gasteiger partial charge < -0.3 is 20.1 Å². The lowest BCUT2D eigenvalue weighted by Gasteiger charge is -2.12. The smallest absolute Gasteiger partial charge is 0.339 e. The molecule has 0 aromatic heterocycles. The number of esters is 2. The summed E-state index contributed by atoms with van der Waals surface area (Å²) in [4.78, 5) is 35.7. The van der Waals surface area contributed by atoms with Crippen molar-refractivity contribution in [3.8, 4) is 0 Å². The molecule has 0 aliphatic carbocycles. The summed E-state index contributed by atoms with van der Waals surface area (Å²) in [6, 6.07) is 10.6. The summed E-state index contributed by atoms with van der Waals surface area (Å²) in [5.74, 6) is -1.24. The second kappa shape index (κ2) is 8.29. The van der Waals surface area contributed by atoms with Crippen molar-refractivity contribution in [1.29, 1.82) is 0 Å². The van der Waals surface area contributed by atoms with E-state index < -0.39 is 18.0 Å². The maximum absolute atomic E-state index is 12.2. The summed E-state index contributed by atoms with van der Waals surface area (Å²) in [6.45, 7) is 0. The van der Waals surface area contributed by atoms with Crippen molar-refractivity contribution >= 4 is 45.3 Å². The molecule has 0 aliphatic rings. The fourth-order valence-corrected chi connectivity index (χ4v) is 2.43. The van der Waals surface area contributed by atoms with Gasteiger partial charge in [-0.2, -0.15) is 0 Å². The van der Waals surface area contributed by atoms with Crippen LogP contribution in [0.25, 0.3) is 0 Å². The third-order valence-electron chi connectivity index (χ3n) is 3.18. The minimum atomic E-state index is -0.644. The van der Waals surface area contributed by atoms with Crippen LogP contribution >= 0.6 is 15.9 Å². The van der Waals surface area contributed by atoms with Gasteiger partial charge in [0.2, 0.25) is 0 Å². The van der Waals surface area contributed by atoms with Crippen LogP contribution in [-0.2, 0) is 9.47 Å². The van der Waals surface area contributed by atoms with Gasteiger partial charge in [-0.05, 0) is 36.4 Å². The topological polar surface area (TPSA) is 93.7 Å². The zero-order valence-corrected chi connectivity index (χ0v) is 15.0. The molecule has 0 atom stereocenters. The molecule has 0 radical (unpaired) electrons. The summed E-state index contributed by atoms with van der Waals surface area (Å²) in [7, 11) is 2.46. The van der Waals surface area contributed by atoms with Crippen LogP contribution in [0.15, 0.2) is 46.9 Å². The number of urea groups is 1. The highest BCUT2D eigenvalue weighted by molar-refractivity contribution is 9.10. The average molecular weight is 407 g/mol. The van der Waals surface area contributed by atoms with Gasteiger partial charge in [0.25, 0.3) is 0 Å². The molecular weight excluding hydrogens is 392 g/mol.